The highest BCUT2D eigenvalue weighted by atomic mass is 79.9. The Morgan fingerprint density at radius 3 is 2.45 bits per heavy atom. The molecular formula is C29H25BrFNO6. The van der Waals surface area contributed by atoms with E-state index in [9.17, 15) is 14.0 Å². The highest BCUT2D eigenvalue weighted by molar-refractivity contribution is 9.10. The van der Waals surface area contributed by atoms with Crippen LogP contribution >= 0.6 is 15.9 Å². The standard InChI is InChI=1S/C29H25BrFNO6/c1-29(2)37-27(33)25(28(34)38-29)24(19-14-32-22-11-7-5-9-18(19)22)17-12-20(30)26(23(13-17)35-3)36-15-16-8-4-6-10-21(16)31/h4-14,24-25,32H,15H2,1-3H3/t24-/m1/s1. The minimum absolute atomic E-state index is 0.0246. The van der Waals surface area contributed by atoms with Crippen molar-refractivity contribution in [1.29, 1.82) is 0 Å². The minimum Gasteiger partial charge on any atom is -0.493 e. The molecular weight excluding hydrogens is 557 g/mol. The zero-order valence-electron chi connectivity index (χ0n) is 20.9. The van der Waals surface area contributed by atoms with Crippen LogP contribution in [0.15, 0.2) is 71.3 Å². The van der Waals surface area contributed by atoms with Crippen LogP contribution in [0.25, 0.3) is 10.9 Å². The number of aromatic amines is 1. The Kier molecular flexibility index (Phi) is 6.88. The summed E-state index contributed by atoms with van der Waals surface area (Å²) in [6, 6.07) is 17.4. The largest absolute Gasteiger partial charge is 0.493 e. The van der Waals surface area contributed by atoms with E-state index >= 15 is 0 Å². The van der Waals surface area contributed by atoms with Crippen molar-refractivity contribution in [2.75, 3.05) is 7.11 Å². The molecule has 5 rings (SSSR count). The average molecular weight is 582 g/mol. The summed E-state index contributed by atoms with van der Waals surface area (Å²) in [6.07, 6.45) is 1.78. The fourth-order valence-electron chi connectivity index (χ4n) is 4.73. The van der Waals surface area contributed by atoms with Gasteiger partial charge in [-0.25, -0.2) is 4.39 Å². The Morgan fingerprint density at radius 2 is 1.74 bits per heavy atom. The Balaban J connectivity index is 1.60. The number of H-pyrrole nitrogens is 1. The lowest BCUT2D eigenvalue weighted by Gasteiger charge is -2.36. The fraction of sp³-hybridized carbons (Fsp3) is 0.241. The number of carbonyl (C=O) groups is 2. The molecule has 0 unspecified atom stereocenters. The first-order valence-electron chi connectivity index (χ1n) is 11.9. The first-order chi connectivity index (χ1) is 18.2. The Bertz CT molecular complexity index is 1510. The van der Waals surface area contributed by atoms with E-state index in [-0.39, 0.29) is 12.4 Å². The predicted molar refractivity (Wildman–Crippen MR) is 141 cm³/mol. The summed E-state index contributed by atoms with van der Waals surface area (Å²) in [7, 11) is 1.48. The maximum atomic E-state index is 14.2. The summed E-state index contributed by atoms with van der Waals surface area (Å²) in [5.41, 5.74) is 2.54. The molecule has 0 bridgehead atoms. The van der Waals surface area contributed by atoms with Gasteiger partial charge in [0.25, 0.3) is 5.79 Å². The van der Waals surface area contributed by atoms with Crippen LogP contribution < -0.4 is 9.47 Å². The van der Waals surface area contributed by atoms with Crippen molar-refractivity contribution < 1.29 is 32.9 Å². The van der Waals surface area contributed by atoms with Gasteiger partial charge in [0.2, 0.25) is 0 Å². The number of hydrogen-bond acceptors (Lipinski definition) is 6. The molecule has 196 valence electrons. The molecule has 3 aromatic carbocycles. The molecule has 38 heavy (non-hydrogen) atoms. The van der Waals surface area contributed by atoms with Gasteiger partial charge in [-0.2, -0.15) is 0 Å². The molecule has 0 amide bonds. The molecule has 1 N–H and O–H groups in total. The molecule has 0 spiro atoms. The van der Waals surface area contributed by atoms with Gasteiger partial charge in [-0.1, -0.05) is 36.4 Å². The van der Waals surface area contributed by atoms with Crippen LogP contribution in [0.1, 0.15) is 36.5 Å². The summed E-state index contributed by atoms with van der Waals surface area (Å²) in [5.74, 6) is -4.44. The number of fused-ring (bicyclic) bond motifs is 1. The van der Waals surface area contributed by atoms with Gasteiger partial charge in [0.05, 0.1) is 11.6 Å². The molecule has 0 aliphatic carbocycles. The third kappa shape index (κ3) is 4.86. The Labute approximate surface area is 227 Å². The number of hydrogen-bond donors (Lipinski definition) is 1. The molecule has 4 aromatic rings. The van der Waals surface area contributed by atoms with Crippen LogP contribution in [-0.4, -0.2) is 29.8 Å². The second kappa shape index (κ2) is 10.1. The monoisotopic (exact) mass is 581 g/mol. The van der Waals surface area contributed by atoms with Crippen LogP contribution in [0.3, 0.4) is 0 Å². The normalized spacial score (nSPS) is 16.1. The molecule has 1 atom stereocenters. The Hall–Kier alpha value is -3.85. The van der Waals surface area contributed by atoms with Gasteiger partial charge in [0.15, 0.2) is 17.4 Å². The highest BCUT2D eigenvalue weighted by Crippen LogP contribution is 2.45. The second-order valence-electron chi connectivity index (χ2n) is 9.40. The maximum Gasteiger partial charge on any atom is 0.324 e. The molecule has 1 aromatic heterocycles. The van der Waals surface area contributed by atoms with Crippen molar-refractivity contribution in [3.05, 3.63) is 93.8 Å². The minimum atomic E-state index is -1.36. The summed E-state index contributed by atoms with van der Waals surface area (Å²) < 4.78 is 37.2. The first-order valence-corrected chi connectivity index (χ1v) is 12.7. The summed E-state index contributed by atoms with van der Waals surface area (Å²) in [5, 5.41) is 0.845. The second-order valence-corrected chi connectivity index (χ2v) is 10.3. The average Bonchev–Trinajstić information content (AvgIpc) is 3.29. The van der Waals surface area contributed by atoms with Crippen molar-refractivity contribution in [1.82, 2.24) is 4.98 Å². The van der Waals surface area contributed by atoms with E-state index in [0.717, 1.165) is 10.9 Å². The summed E-state index contributed by atoms with van der Waals surface area (Å²) in [6.45, 7) is 3.01. The molecule has 0 radical (unpaired) electrons. The zero-order valence-corrected chi connectivity index (χ0v) is 22.5. The number of carbonyl (C=O) groups excluding carboxylic acids is 2. The first kappa shape index (κ1) is 25.8. The van der Waals surface area contributed by atoms with Gasteiger partial charge in [-0.3, -0.25) is 9.59 Å². The lowest BCUT2D eigenvalue weighted by molar-refractivity contribution is -0.240. The summed E-state index contributed by atoms with van der Waals surface area (Å²) in [4.78, 5) is 29.7. The van der Waals surface area contributed by atoms with Crippen molar-refractivity contribution in [2.45, 2.75) is 32.2 Å². The van der Waals surface area contributed by atoms with Crippen LogP contribution in [0.4, 0.5) is 4.39 Å². The van der Waals surface area contributed by atoms with Crippen LogP contribution in [0.5, 0.6) is 11.5 Å². The van der Waals surface area contributed by atoms with E-state index in [1.54, 1.807) is 36.5 Å². The van der Waals surface area contributed by atoms with Gasteiger partial charge in [0.1, 0.15) is 12.4 Å². The number of nitrogens with one attached hydrogen (secondary N) is 1. The number of benzene rings is 3. The molecule has 7 nitrogen and oxygen atoms in total. The number of halogens is 2. The van der Waals surface area contributed by atoms with Gasteiger partial charge >= 0.3 is 11.9 Å². The molecule has 2 heterocycles. The van der Waals surface area contributed by atoms with Crippen molar-refractivity contribution in [3.8, 4) is 11.5 Å². The van der Waals surface area contributed by atoms with E-state index in [1.165, 1.54) is 27.0 Å². The topological polar surface area (TPSA) is 86.9 Å². The van der Waals surface area contributed by atoms with Gasteiger partial charge in [0, 0.05) is 42.4 Å². The van der Waals surface area contributed by atoms with Crippen molar-refractivity contribution in [2.24, 2.45) is 5.92 Å². The third-order valence-corrected chi connectivity index (χ3v) is 7.02. The molecule has 1 fully saturated rings. The SMILES string of the molecule is COc1cc([C@H](c2c[nH]c3ccccc23)C2C(=O)OC(C)(C)OC2=O)cc(Br)c1OCc1ccccc1F. The van der Waals surface area contributed by atoms with E-state index in [2.05, 4.69) is 20.9 Å². The lowest BCUT2D eigenvalue weighted by atomic mass is 9.80. The fourth-order valence-corrected chi connectivity index (χ4v) is 5.30. The van der Waals surface area contributed by atoms with E-state index in [4.69, 9.17) is 18.9 Å². The number of rotatable bonds is 7. The number of para-hydroxylation sites is 1. The van der Waals surface area contributed by atoms with Gasteiger partial charge < -0.3 is 23.9 Å². The Morgan fingerprint density at radius 1 is 1.05 bits per heavy atom. The zero-order chi connectivity index (χ0) is 27.0. The number of cyclic esters (lactones) is 2. The van der Waals surface area contributed by atoms with E-state index in [0.29, 0.717) is 32.7 Å². The lowest BCUT2D eigenvalue weighted by Crippen LogP contribution is -2.48. The molecule has 9 heteroatoms. The number of aromatic nitrogens is 1. The smallest absolute Gasteiger partial charge is 0.324 e. The molecule has 0 saturated carbocycles. The number of ether oxygens (including phenoxy) is 4. The highest BCUT2D eigenvalue weighted by Gasteiger charge is 2.49. The molecule has 1 aliphatic rings. The number of methoxy groups -OCH3 is 1. The van der Waals surface area contributed by atoms with E-state index < -0.39 is 29.6 Å². The maximum absolute atomic E-state index is 14.2. The summed E-state index contributed by atoms with van der Waals surface area (Å²) >= 11 is 3.55. The van der Waals surface area contributed by atoms with Crippen LogP contribution in [-0.2, 0) is 25.7 Å². The quantitative estimate of drug-likeness (QED) is 0.205. The predicted octanol–water partition coefficient (Wildman–Crippen LogP) is 6.24. The van der Waals surface area contributed by atoms with Crippen LogP contribution in [0, 0.1) is 11.7 Å². The third-order valence-electron chi connectivity index (χ3n) is 6.43. The molecule has 1 saturated heterocycles. The van der Waals surface area contributed by atoms with E-state index in [1.807, 2.05) is 24.3 Å². The van der Waals surface area contributed by atoms with Gasteiger partial charge in [-0.15, -0.1) is 0 Å². The van der Waals surface area contributed by atoms with Crippen molar-refractivity contribution >= 4 is 38.8 Å². The van der Waals surface area contributed by atoms with Crippen molar-refractivity contribution in [3.63, 3.8) is 0 Å². The number of esters is 2. The van der Waals surface area contributed by atoms with Crippen LogP contribution in [0.2, 0.25) is 0 Å². The molecule has 1 aliphatic heterocycles. The van der Waals surface area contributed by atoms with Gasteiger partial charge in [-0.05, 0) is 51.3 Å².